The van der Waals surface area contributed by atoms with Crippen LogP contribution in [0.2, 0.25) is 0 Å². The van der Waals surface area contributed by atoms with Gasteiger partial charge in [0.1, 0.15) is 0 Å². The van der Waals surface area contributed by atoms with Crippen LogP contribution in [0.15, 0.2) is 22.9 Å². The zero-order chi connectivity index (χ0) is 3.54. The number of rotatable bonds is 0. The van der Waals surface area contributed by atoms with Crippen LogP contribution in [0.25, 0.3) is 0 Å². The van der Waals surface area contributed by atoms with E-state index in [-0.39, 0.29) is 49.6 Å². The van der Waals surface area contributed by atoms with Crippen molar-refractivity contribution in [3.8, 4) is 0 Å². The predicted octanol–water partition coefficient (Wildman–Crippen LogP) is 3.44. The fourth-order valence-corrected chi connectivity index (χ4v) is 0.680. The number of halogens is 4. The Morgan fingerprint density at radius 3 is 1.11 bits per heavy atom. The van der Waals surface area contributed by atoms with E-state index < -0.39 is 0 Å². The first-order chi connectivity index (χ1) is 2.50. The smallest absolute Gasteiger partial charge is 0.00934 e. The average Bonchev–Trinajstić information content (AvgIpc) is 1.76. The van der Waals surface area contributed by atoms with Gasteiger partial charge in [-0.3, -0.25) is 0 Å². The van der Waals surface area contributed by atoms with Crippen LogP contribution in [-0.2, 0) is 0 Å². The molecule has 5 heteroatoms. The third-order valence-electron chi connectivity index (χ3n) is 0.425. The minimum atomic E-state index is 0. The average molecular weight is 230 g/mol. The van der Waals surface area contributed by atoms with Gasteiger partial charge in [-0.2, -0.15) is 11.3 Å². The van der Waals surface area contributed by atoms with E-state index in [0.29, 0.717) is 0 Å². The van der Waals surface area contributed by atoms with Crippen molar-refractivity contribution in [1.29, 1.82) is 0 Å². The van der Waals surface area contributed by atoms with E-state index in [9.17, 15) is 0 Å². The van der Waals surface area contributed by atoms with Crippen molar-refractivity contribution in [2.75, 3.05) is 0 Å². The molecule has 9 heavy (non-hydrogen) atoms. The van der Waals surface area contributed by atoms with Gasteiger partial charge >= 0.3 is 0 Å². The molecular weight excluding hydrogens is 222 g/mol. The van der Waals surface area contributed by atoms with Gasteiger partial charge in [-0.15, -0.1) is 49.6 Å². The van der Waals surface area contributed by atoms with Gasteiger partial charge in [0.2, 0.25) is 0 Å². The maximum Gasteiger partial charge on any atom is -0.00934 e. The Morgan fingerprint density at radius 2 is 1.00 bits per heavy atom. The van der Waals surface area contributed by atoms with Gasteiger partial charge in [0, 0.05) is 0 Å². The summed E-state index contributed by atoms with van der Waals surface area (Å²) in [5.74, 6) is 0. The van der Waals surface area contributed by atoms with E-state index in [1.807, 2.05) is 22.9 Å². The molecular formula is C4H8Cl4S. The predicted molar refractivity (Wildman–Crippen MR) is 53.3 cm³/mol. The van der Waals surface area contributed by atoms with E-state index >= 15 is 0 Å². The highest BCUT2D eigenvalue weighted by molar-refractivity contribution is 7.07. The van der Waals surface area contributed by atoms with E-state index in [2.05, 4.69) is 0 Å². The Hall–Kier alpha value is 0.860. The van der Waals surface area contributed by atoms with E-state index in [0.717, 1.165) is 0 Å². The summed E-state index contributed by atoms with van der Waals surface area (Å²) in [6.07, 6.45) is 0. The lowest BCUT2D eigenvalue weighted by atomic mass is 10.7. The van der Waals surface area contributed by atoms with Crippen LogP contribution in [0.3, 0.4) is 0 Å². The molecule has 0 nitrogen and oxygen atoms in total. The zero-order valence-corrected chi connectivity index (χ0v) is 8.43. The van der Waals surface area contributed by atoms with Crippen molar-refractivity contribution in [2.24, 2.45) is 0 Å². The standard InChI is InChI=1S/C4H4S.4ClH/c1-2-4-5-3-1;;;;/h1-4H;4*1H. The Kier molecular flexibility index (Phi) is 39.9. The molecule has 0 N–H and O–H groups in total. The molecule has 0 radical (unpaired) electrons. The molecule has 0 fully saturated rings. The monoisotopic (exact) mass is 228 g/mol. The van der Waals surface area contributed by atoms with Crippen LogP contribution in [0.4, 0.5) is 0 Å². The third kappa shape index (κ3) is 12.1. The summed E-state index contributed by atoms with van der Waals surface area (Å²) in [4.78, 5) is 0. The first-order valence-corrected chi connectivity index (χ1v) is 2.41. The molecule has 1 aromatic heterocycles. The lowest BCUT2D eigenvalue weighted by molar-refractivity contribution is 2.03. The molecule has 0 aliphatic heterocycles. The summed E-state index contributed by atoms with van der Waals surface area (Å²) in [7, 11) is 0. The normalized spacial score (nSPS) is 4.44. The SMILES string of the molecule is Cl.Cl.Cl.Cl.c1ccsc1. The molecule has 0 spiro atoms. The molecule has 0 bridgehead atoms. The second-order valence-electron chi connectivity index (χ2n) is 0.793. The Morgan fingerprint density at radius 1 is 0.667 bits per heavy atom. The van der Waals surface area contributed by atoms with Gasteiger partial charge in [-0.25, -0.2) is 0 Å². The van der Waals surface area contributed by atoms with Crippen LogP contribution in [0.5, 0.6) is 0 Å². The van der Waals surface area contributed by atoms with E-state index in [1.54, 1.807) is 11.3 Å². The van der Waals surface area contributed by atoms with Crippen LogP contribution in [-0.4, -0.2) is 0 Å². The van der Waals surface area contributed by atoms with Gasteiger partial charge in [0.05, 0.1) is 0 Å². The van der Waals surface area contributed by atoms with Gasteiger partial charge in [-0.1, -0.05) is 12.1 Å². The molecule has 1 aromatic rings. The molecule has 0 aliphatic carbocycles. The van der Waals surface area contributed by atoms with Crippen LogP contribution in [0, 0.1) is 0 Å². The minimum absolute atomic E-state index is 0. The van der Waals surface area contributed by atoms with Gasteiger partial charge in [0.15, 0.2) is 0 Å². The van der Waals surface area contributed by atoms with Gasteiger partial charge in [-0.05, 0) is 10.8 Å². The third-order valence-corrected chi connectivity index (χ3v) is 1.05. The Bertz CT molecular complexity index is 69.0. The lowest BCUT2D eigenvalue weighted by Gasteiger charge is -1.39. The molecule has 0 amide bonds. The number of hydrogen-bond acceptors (Lipinski definition) is 1. The Labute approximate surface area is 83.7 Å². The topological polar surface area (TPSA) is 0 Å². The molecule has 0 saturated carbocycles. The van der Waals surface area contributed by atoms with Crippen molar-refractivity contribution in [3.05, 3.63) is 22.9 Å². The maximum atomic E-state index is 2.04. The van der Waals surface area contributed by atoms with Crippen molar-refractivity contribution in [2.45, 2.75) is 0 Å². The first kappa shape index (κ1) is 22.5. The number of thiophene rings is 1. The van der Waals surface area contributed by atoms with Gasteiger partial charge in [0.25, 0.3) is 0 Å². The fraction of sp³-hybridized carbons (Fsp3) is 0. The molecule has 0 unspecified atom stereocenters. The minimum Gasteiger partial charge on any atom is -0.152 e. The zero-order valence-electron chi connectivity index (χ0n) is 4.35. The second kappa shape index (κ2) is 15.9. The van der Waals surface area contributed by atoms with E-state index in [1.165, 1.54) is 0 Å². The summed E-state index contributed by atoms with van der Waals surface area (Å²) in [5.41, 5.74) is 0. The quantitative estimate of drug-likeness (QED) is 0.640. The summed E-state index contributed by atoms with van der Waals surface area (Å²) in [6.45, 7) is 0. The molecule has 0 atom stereocenters. The summed E-state index contributed by atoms with van der Waals surface area (Å²) in [6, 6.07) is 4.04. The Balaban J connectivity index is -0.0000000312. The van der Waals surface area contributed by atoms with Gasteiger partial charge < -0.3 is 0 Å². The second-order valence-corrected chi connectivity index (χ2v) is 1.61. The highest BCUT2D eigenvalue weighted by Crippen LogP contribution is 1.91. The molecule has 58 valence electrons. The van der Waals surface area contributed by atoms with Crippen LogP contribution in [0.1, 0.15) is 0 Å². The molecule has 0 aliphatic rings. The van der Waals surface area contributed by atoms with Crippen LogP contribution < -0.4 is 0 Å². The molecule has 0 saturated heterocycles. The first-order valence-electron chi connectivity index (χ1n) is 1.47. The van der Waals surface area contributed by atoms with Crippen molar-refractivity contribution < 1.29 is 0 Å². The highest BCUT2D eigenvalue weighted by atomic mass is 35.5. The highest BCUT2D eigenvalue weighted by Gasteiger charge is 1.58. The number of hydrogen-bond donors (Lipinski definition) is 0. The van der Waals surface area contributed by atoms with Crippen LogP contribution >= 0.6 is 61.0 Å². The molecule has 1 heterocycles. The van der Waals surface area contributed by atoms with E-state index in [4.69, 9.17) is 0 Å². The lowest BCUT2D eigenvalue weighted by Crippen LogP contribution is -1.16. The van der Waals surface area contributed by atoms with Crippen molar-refractivity contribution in [3.63, 3.8) is 0 Å². The molecule has 0 aromatic carbocycles. The van der Waals surface area contributed by atoms with Crippen molar-refractivity contribution >= 4 is 61.0 Å². The summed E-state index contributed by atoms with van der Waals surface area (Å²) >= 11 is 1.71. The summed E-state index contributed by atoms with van der Waals surface area (Å²) in [5, 5.41) is 4.08. The molecule has 1 rings (SSSR count). The fourth-order valence-electron chi connectivity index (χ4n) is 0.227. The summed E-state index contributed by atoms with van der Waals surface area (Å²) < 4.78 is 0. The largest absolute Gasteiger partial charge is 0.152 e. The van der Waals surface area contributed by atoms with Crippen molar-refractivity contribution in [1.82, 2.24) is 0 Å². The maximum absolute atomic E-state index is 2.04.